The lowest BCUT2D eigenvalue weighted by Crippen LogP contribution is -2.03. The van der Waals surface area contributed by atoms with E-state index in [0.717, 1.165) is 12.1 Å². The average molecular weight is 269 g/mol. The van der Waals surface area contributed by atoms with Crippen molar-refractivity contribution in [3.8, 4) is 23.3 Å². The number of fused-ring (bicyclic) bond motifs is 2. The second kappa shape index (κ2) is 3.90. The van der Waals surface area contributed by atoms with Gasteiger partial charge < -0.3 is 19.7 Å². The monoisotopic (exact) mass is 269 g/mol. The Hall–Kier alpha value is -3.20. The summed E-state index contributed by atoms with van der Waals surface area (Å²) in [6, 6.07) is 6.52. The van der Waals surface area contributed by atoms with Crippen molar-refractivity contribution in [2.75, 3.05) is 0 Å². The molecular formula is C14H7NO5. The summed E-state index contributed by atoms with van der Waals surface area (Å²) < 4.78 is 5.39. The molecule has 1 heterocycles. The summed E-state index contributed by atoms with van der Waals surface area (Å²) in [5.41, 5.74) is -0.759. The lowest BCUT2D eigenvalue weighted by atomic mass is 10.1. The summed E-state index contributed by atoms with van der Waals surface area (Å²) in [5, 5.41) is 37.6. The molecule has 20 heavy (non-hydrogen) atoms. The van der Waals surface area contributed by atoms with E-state index in [2.05, 4.69) is 0 Å². The van der Waals surface area contributed by atoms with Crippen molar-refractivity contribution in [3.05, 3.63) is 40.1 Å². The van der Waals surface area contributed by atoms with Gasteiger partial charge in [-0.2, -0.15) is 5.26 Å². The van der Waals surface area contributed by atoms with Crippen LogP contribution < -0.4 is 5.43 Å². The lowest BCUT2D eigenvalue weighted by Gasteiger charge is -2.06. The first-order valence-electron chi connectivity index (χ1n) is 5.57. The third-order valence-corrected chi connectivity index (χ3v) is 2.99. The van der Waals surface area contributed by atoms with E-state index in [9.17, 15) is 20.1 Å². The highest BCUT2D eigenvalue weighted by Gasteiger charge is 2.17. The maximum Gasteiger partial charge on any atom is 0.208 e. The summed E-state index contributed by atoms with van der Waals surface area (Å²) in [6.45, 7) is 0. The second-order valence-corrected chi connectivity index (χ2v) is 4.22. The Kier molecular flexibility index (Phi) is 2.31. The van der Waals surface area contributed by atoms with Crippen LogP contribution in [-0.4, -0.2) is 15.3 Å². The smallest absolute Gasteiger partial charge is 0.208 e. The molecule has 2 aromatic carbocycles. The Morgan fingerprint density at radius 1 is 1.05 bits per heavy atom. The Bertz CT molecular complexity index is 965. The minimum Gasteiger partial charge on any atom is -0.508 e. The highest BCUT2D eigenvalue weighted by Crippen LogP contribution is 2.33. The molecule has 0 radical (unpaired) electrons. The SMILES string of the molecule is N#Cc1ccc(O)c2c(=O)c3c(O)cc(O)cc3oc12. The van der Waals surface area contributed by atoms with Gasteiger partial charge in [0.05, 0.1) is 5.56 Å². The van der Waals surface area contributed by atoms with E-state index in [1.165, 1.54) is 12.1 Å². The van der Waals surface area contributed by atoms with Crippen LogP contribution in [0.2, 0.25) is 0 Å². The second-order valence-electron chi connectivity index (χ2n) is 4.22. The van der Waals surface area contributed by atoms with Crippen LogP contribution in [0.5, 0.6) is 17.2 Å². The quantitative estimate of drug-likeness (QED) is 0.537. The molecule has 0 saturated heterocycles. The minimum absolute atomic E-state index is 0.0675. The van der Waals surface area contributed by atoms with Gasteiger partial charge in [0, 0.05) is 12.1 Å². The van der Waals surface area contributed by atoms with Crippen molar-refractivity contribution in [3.63, 3.8) is 0 Å². The van der Waals surface area contributed by atoms with Gasteiger partial charge in [-0.3, -0.25) is 4.79 Å². The molecule has 0 aliphatic rings. The largest absolute Gasteiger partial charge is 0.508 e. The molecule has 0 unspecified atom stereocenters. The molecule has 0 saturated carbocycles. The Labute approximate surface area is 111 Å². The van der Waals surface area contributed by atoms with Crippen LogP contribution in [0, 0.1) is 11.3 Å². The van der Waals surface area contributed by atoms with Gasteiger partial charge >= 0.3 is 0 Å². The highest BCUT2D eigenvalue weighted by atomic mass is 16.3. The molecule has 0 aliphatic heterocycles. The zero-order chi connectivity index (χ0) is 14.4. The Morgan fingerprint density at radius 2 is 1.80 bits per heavy atom. The van der Waals surface area contributed by atoms with Gasteiger partial charge in [0.25, 0.3) is 0 Å². The zero-order valence-electron chi connectivity index (χ0n) is 9.91. The van der Waals surface area contributed by atoms with E-state index >= 15 is 0 Å². The Balaban J connectivity index is 2.69. The van der Waals surface area contributed by atoms with Crippen LogP contribution in [0.3, 0.4) is 0 Å². The number of rotatable bonds is 0. The summed E-state index contributed by atoms with van der Waals surface area (Å²) in [7, 11) is 0. The van der Waals surface area contributed by atoms with Gasteiger partial charge in [0.1, 0.15) is 39.7 Å². The van der Waals surface area contributed by atoms with Crippen LogP contribution in [0.15, 0.2) is 33.5 Å². The molecule has 0 atom stereocenters. The molecule has 0 fully saturated rings. The van der Waals surface area contributed by atoms with E-state index < -0.39 is 11.2 Å². The number of hydrogen-bond acceptors (Lipinski definition) is 6. The van der Waals surface area contributed by atoms with Crippen LogP contribution in [0.4, 0.5) is 0 Å². The summed E-state index contributed by atoms with van der Waals surface area (Å²) in [6.07, 6.45) is 0. The molecule has 3 N–H and O–H groups in total. The van der Waals surface area contributed by atoms with Crippen molar-refractivity contribution in [2.24, 2.45) is 0 Å². The van der Waals surface area contributed by atoms with Gasteiger partial charge in [-0.05, 0) is 12.1 Å². The first-order chi connectivity index (χ1) is 9.52. The molecule has 6 heteroatoms. The van der Waals surface area contributed by atoms with Crippen molar-refractivity contribution < 1.29 is 19.7 Å². The van der Waals surface area contributed by atoms with Crippen molar-refractivity contribution in [2.45, 2.75) is 0 Å². The maximum atomic E-state index is 12.3. The number of phenols is 3. The van der Waals surface area contributed by atoms with Gasteiger partial charge in [-0.1, -0.05) is 0 Å². The van der Waals surface area contributed by atoms with E-state index in [0.29, 0.717) is 0 Å². The van der Waals surface area contributed by atoms with E-state index in [1.807, 2.05) is 6.07 Å². The maximum absolute atomic E-state index is 12.3. The average Bonchev–Trinajstić information content (AvgIpc) is 2.37. The fraction of sp³-hybridized carbons (Fsp3) is 0. The van der Waals surface area contributed by atoms with E-state index in [4.69, 9.17) is 9.68 Å². The van der Waals surface area contributed by atoms with Gasteiger partial charge in [0.2, 0.25) is 5.43 Å². The summed E-state index contributed by atoms with van der Waals surface area (Å²) in [4.78, 5) is 12.3. The number of hydrogen-bond donors (Lipinski definition) is 3. The summed E-state index contributed by atoms with van der Waals surface area (Å²) in [5.74, 6) is -1.09. The normalized spacial score (nSPS) is 10.8. The molecule has 3 rings (SSSR count). The van der Waals surface area contributed by atoms with Crippen LogP contribution in [0.1, 0.15) is 5.56 Å². The van der Waals surface area contributed by atoms with E-state index in [-0.39, 0.29) is 39.0 Å². The number of aromatic hydroxyl groups is 3. The summed E-state index contributed by atoms with van der Waals surface area (Å²) >= 11 is 0. The number of phenolic OH excluding ortho intramolecular Hbond substituents is 3. The molecular weight excluding hydrogens is 262 g/mol. The third kappa shape index (κ3) is 1.47. The molecule has 98 valence electrons. The van der Waals surface area contributed by atoms with Crippen molar-refractivity contribution in [1.82, 2.24) is 0 Å². The van der Waals surface area contributed by atoms with Gasteiger partial charge in [-0.15, -0.1) is 0 Å². The molecule has 0 amide bonds. The first-order valence-corrected chi connectivity index (χ1v) is 5.57. The number of nitriles is 1. The number of nitrogens with zero attached hydrogens (tertiary/aromatic N) is 1. The fourth-order valence-electron chi connectivity index (χ4n) is 2.12. The predicted molar refractivity (Wildman–Crippen MR) is 69.7 cm³/mol. The van der Waals surface area contributed by atoms with E-state index in [1.54, 1.807) is 0 Å². The minimum atomic E-state index is -0.673. The third-order valence-electron chi connectivity index (χ3n) is 2.99. The highest BCUT2D eigenvalue weighted by molar-refractivity contribution is 5.98. The molecule has 3 aromatic rings. The van der Waals surface area contributed by atoms with Crippen LogP contribution in [-0.2, 0) is 0 Å². The number of benzene rings is 2. The molecule has 0 spiro atoms. The lowest BCUT2D eigenvalue weighted by molar-refractivity contribution is 0.453. The van der Waals surface area contributed by atoms with Crippen LogP contribution >= 0.6 is 0 Å². The molecule has 1 aromatic heterocycles. The standard InChI is InChI=1S/C14H7NO5/c15-5-6-1-2-8(17)12-13(19)11-9(18)3-7(16)4-10(11)20-14(6)12/h1-4,16-18H. The van der Waals surface area contributed by atoms with Gasteiger partial charge in [0.15, 0.2) is 5.58 Å². The van der Waals surface area contributed by atoms with Gasteiger partial charge in [-0.25, -0.2) is 0 Å². The van der Waals surface area contributed by atoms with Crippen molar-refractivity contribution >= 4 is 21.9 Å². The van der Waals surface area contributed by atoms with Crippen molar-refractivity contribution in [1.29, 1.82) is 5.26 Å². The topological polar surface area (TPSA) is 115 Å². The fourth-order valence-corrected chi connectivity index (χ4v) is 2.12. The van der Waals surface area contributed by atoms with Crippen LogP contribution in [0.25, 0.3) is 21.9 Å². The predicted octanol–water partition coefficient (Wildman–Crippen LogP) is 1.93. The molecule has 6 nitrogen and oxygen atoms in total. The molecule has 0 bridgehead atoms. The first kappa shape index (κ1) is 11.9. The molecule has 0 aliphatic carbocycles. The zero-order valence-corrected chi connectivity index (χ0v) is 9.91. The Morgan fingerprint density at radius 3 is 2.50 bits per heavy atom.